The van der Waals surface area contributed by atoms with Gasteiger partial charge in [0.2, 0.25) is 0 Å². The highest BCUT2D eigenvalue weighted by atomic mass is 127. The number of hydrogen-bond acceptors (Lipinski definition) is 7. The molecule has 0 saturated carbocycles. The number of halogens is 1. The first kappa shape index (κ1) is 49.0. The molecule has 0 aromatic heterocycles. The Bertz CT molecular complexity index is 1270. The summed E-state index contributed by atoms with van der Waals surface area (Å²) in [5.41, 5.74) is 1.09. The van der Waals surface area contributed by atoms with Crippen LogP contribution in [-0.2, 0) is 29.4 Å². The molecule has 53 heavy (non-hydrogen) atoms. The van der Waals surface area contributed by atoms with E-state index >= 15 is 0 Å². The molecule has 1 heterocycles. The van der Waals surface area contributed by atoms with Crippen molar-refractivity contribution in [1.29, 1.82) is 0 Å². The van der Waals surface area contributed by atoms with E-state index in [1.165, 1.54) is 0 Å². The lowest BCUT2D eigenvalue weighted by molar-refractivity contribution is -0.187. The first-order valence-corrected chi connectivity index (χ1v) is 29.9. The van der Waals surface area contributed by atoms with Crippen LogP contribution in [0.1, 0.15) is 101 Å². The van der Waals surface area contributed by atoms with Crippen molar-refractivity contribution in [3.8, 4) is 5.75 Å². The predicted octanol–water partition coefficient (Wildman–Crippen LogP) is 11.9. The van der Waals surface area contributed by atoms with Crippen molar-refractivity contribution >= 4 is 47.5 Å². The summed E-state index contributed by atoms with van der Waals surface area (Å²) in [6, 6.07) is 7.98. The minimum atomic E-state index is -2.18. The van der Waals surface area contributed by atoms with Crippen LogP contribution in [0.15, 0.2) is 34.4 Å². The maximum atomic E-state index is 11.7. The zero-order valence-electron chi connectivity index (χ0n) is 36.9. The summed E-state index contributed by atoms with van der Waals surface area (Å²) in [6.45, 7) is 39.9. The summed E-state index contributed by atoms with van der Waals surface area (Å²) < 4.78 is 42.3. The molecule has 1 saturated heterocycles. The fraction of sp³-hybridized carbons (Fsp3) is 0.810. The SMILES string of the molecule is COc1ccc(COC(/C=C/I)C(C)CC(O)CC(C)[C@@H]2O[C@H](CO[Si](C)(C)C(C)(C)C)[C@H](O[Si](C)(C)C(C)(C)C)C[C@@H]2O[Si](C)(C)C(C)(C)C)cc1. The van der Waals surface area contributed by atoms with E-state index in [2.05, 4.69) is 144 Å². The topological polar surface area (TPSA) is 75.6 Å². The molecule has 7 nitrogen and oxygen atoms in total. The molecular formula is C42H79IO7Si3. The van der Waals surface area contributed by atoms with E-state index in [1.807, 2.05) is 28.3 Å². The van der Waals surface area contributed by atoms with Gasteiger partial charge in [0.1, 0.15) is 11.9 Å². The van der Waals surface area contributed by atoms with Gasteiger partial charge in [0.25, 0.3) is 0 Å². The Morgan fingerprint density at radius 1 is 0.811 bits per heavy atom. The van der Waals surface area contributed by atoms with Crippen molar-refractivity contribution in [1.82, 2.24) is 0 Å². The lowest BCUT2D eigenvalue weighted by Crippen LogP contribution is -2.60. The smallest absolute Gasteiger partial charge is 0.192 e. The van der Waals surface area contributed by atoms with Crippen LogP contribution in [0.5, 0.6) is 5.75 Å². The molecule has 0 spiro atoms. The number of benzene rings is 1. The number of hydrogen-bond donors (Lipinski definition) is 1. The van der Waals surface area contributed by atoms with Gasteiger partial charge in [-0.05, 0) is 107 Å². The summed E-state index contributed by atoms with van der Waals surface area (Å²) in [7, 11) is -4.70. The maximum Gasteiger partial charge on any atom is 0.192 e. The monoisotopic (exact) mass is 906 g/mol. The zero-order valence-corrected chi connectivity index (χ0v) is 42.1. The summed E-state index contributed by atoms with van der Waals surface area (Å²) >= 11 is 2.25. The largest absolute Gasteiger partial charge is 0.497 e. The molecule has 1 N–H and O–H groups in total. The number of aliphatic hydroxyl groups excluding tert-OH is 1. The highest BCUT2D eigenvalue weighted by Crippen LogP contribution is 2.44. The Balaban J connectivity index is 2.36. The van der Waals surface area contributed by atoms with Gasteiger partial charge < -0.3 is 32.6 Å². The van der Waals surface area contributed by atoms with Gasteiger partial charge >= 0.3 is 0 Å². The van der Waals surface area contributed by atoms with E-state index in [0.29, 0.717) is 26.1 Å². The van der Waals surface area contributed by atoms with Crippen LogP contribution < -0.4 is 4.74 Å². The van der Waals surface area contributed by atoms with Gasteiger partial charge in [0, 0.05) is 6.42 Å². The number of aliphatic hydroxyl groups is 1. The van der Waals surface area contributed by atoms with Gasteiger partial charge in [-0.3, -0.25) is 0 Å². The lowest BCUT2D eigenvalue weighted by Gasteiger charge is -2.51. The fourth-order valence-corrected chi connectivity index (χ4v) is 10.1. The molecule has 2 rings (SSSR count). The van der Waals surface area contributed by atoms with E-state index < -0.39 is 31.1 Å². The second-order valence-corrected chi connectivity index (χ2v) is 35.3. The van der Waals surface area contributed by atoms with E-state index in [1.54, 1.807) is 7.11 Å². The molecule has 308 valence electrons. The summed E-state index contributed by atoms with van der Waals surface area (Å²) in [5.74, 6) is 0.992. The molecule has 0 aliphatic carbocycles. The molecular weight excluding hydrogens is 828 g/mol. The predicted molar refractivity (Wildman–Crippen MR) is 239 cm³/mol. The first-order chi connectivity index (χ1) is 24.0. The third-order valence-corrected chi connectivity index (χ3v) is 26.7. The quantitative estimate of drug-likeness (QED) is 0.116. The van der Waals surface area contributed by atoms with E-state index in [0.717, 1.165) is 17.7 Å². The van der Waals surface area contributed by atoms with Crippen LogP contribution in [0.3, 0.4) is 0 Å². The van der Waals surface area contributed by atoms with Crippen LogP contribution >= 0.6 is 22.6 Å². The average Bonchev–Trinajstić information content (AvgIpc) is 3.00. The number of methoxy groups -OCH3 is 1. The van der Waals surface area contributed by atoms with Gasteiger partial charge in [-0.1, -0.05) is 111 Å². The average molecular weight is 907 g/mol. The second kappa shape index (κ2) is 19.6. The maximum absolute atomic E-state index is 11.7. The van der Waals surface area contributed by atoms with Crippen LogP contribution in [0.25, 0.3) is 0 Å². The first-order valence-electron chi connectivity index (χ1n) is 19.9. The summed E-state index contributed by atoms with van der Waals surface area (Å²) in [4.78, 5) is 0. The van der Waals surface area contributed by atoms with Crippen molar-refractivity contribution < 1.29 is 32.6 Å². The highest BCUT2D eigenvalue weighted by molar-refractivity contribution is 14.1. The third-order valence-electron chi connectivity index (χ3n) is 12.8. The molecule has 1 aliphatic rings. The fourth-order valence-electron chi connectivity index (χ4n) is 6.01. The van der Waals surface area contributed by atoms with Crippen molar-refractivity contribution in [3.63, 3.8) is 0 Å². The Hall–Kier alpha value is -0.0994. The van der Waals surface area contributed by atoms with Crippen molar-refractivity contribution in [2.75, 3.05) is 13.7 Å². The van der Waals surface area contributed by atoms with Crippen LogP contribution in [0.2, 0.25) is 54.4 Å². The molecule has 1 aromatic carbocycles. The zero-order chi connectivity index (χ0) is 40.8. The summed E-state index contributed by atoms with van der Waals surface area (Å²) in [5, 5.41) is 11.9. The minimum Gasteiger partial charge on any atom is -0.497 e. The normalized spacial score (nSPS) is 23.5. The highest BCUT2D eigenvalue weighted by Gasteiger charge is 2.50. The molecule has 0 bridgehead atoms. The third kappa shape index (κ3) is 14.3. The van der Waals surface area contributed by atoms with Gasteiger partial charge in [-0.25, -0.2) is 0 Å². The standard InChI is InChI=1S/C42H79IO7Si3/c1-30(35(23-24-43)46-28-32-19-21-34(45-12)22-20-32)25-33(44)26-31(2)39-37(50-53(17,18)42(9,10)11)27-36(49-52(15,16)41(6,7)8)38(48-39)29-47-51(13,14)40(3,4)5/h19-24,30-31,33,35-39,44H,25-29H2,1-18H3/b24-23+/t30?,31?,33?,35?,36-,37+,38-,39+/m1/s1. The van der Waals surface area contributed by atoms with Gasteiger partial charge in [-0.2, -0.15) is 0 Å². The van der Waals surface area contributed by atoms with Crippen LogP contribution in [0.4, 0.5) is 0 Å². The van der Waals surface area contributed by atoms with E-state index in [4.69, 9.17) is 27.5 Å². The van der Waals surface area contributed by atoms with Crippen molar-refractivity contribution in [2.24, 2.45) is 11.8 Å². The Morgan fingerprint density at radius 3 is 1.79 bits per heavy atom. The molecule has 8 atom stereocenters. The Morgan fingerprint density at radius 2 is 1.32 bits per heavy atom. The van der Waals surface area contributed by atoms with Crippen molar-refractivity contribution in [2.45, 2.75) is 193 Å². The molecule has 1 fully saturated rings. The second-order valence-electron chi connectivity index (χ2n) is 20.3. The van der Waals surface area contributed by atoms with Gasteiger partial charge in [0.15, 0.2) is 25.0 Å². The molecule has 11 heteroatoms. The summed E-state index contributed by atoms with van der Waals surface area (Å²) in [6.07, 6.45) is 2.75. The molecule has 0 radical (unpaired) electrons. The van der Waals surface area contributed by atoms with Gasteiger partial charge in [0.05, 0.1) is 50.8 Å². The van der Waals surface area contributed by atoms with Crippen LogP contribution in [-0.4, -0.2) is 80.4 Å². The molecule has 1 aliphatic heterocycles. The van der Waals surface area contributed by atoms with E-state index in [9.17, 15) is 5.11 Å². The molecule has 0 amide bonds. The number of rotatable bonds is 18. The van der Waals surface area contributed by atoms with Crippen molar-refractivity contribution in [3.05, 3.63) is 40.0 Å². The Labute approximate surface area is 342 Å². The lowest BCUT2D eigenvalue weighted by atomic mass is 9.85. The molecule has 4 unspecified atom stereocenters. The Kier molecular flexibility index (Phi) is 18.1. The number of ether oxygens (including phenoxy) is 3. The van der Waals surface area contributed by atoms with E-state index in [-0.39, 0.29) is 57.5 Å². The minimum absolute atomic E-state index is 0.0425. The molecule has 1 aromatic rings. The van der Waals surface area contributed by atoms with Gasteiger partial charge in [-0.15, -0.1) is 0 Å². The van der Waals surface area contributed by atoms with Crippen LogP contribution in [0, 0.1) is 11.8 Å².